The minimum Gasteiger partial charge on any atom is -0.397 e. The van der Waals surface area contributed by atoms with Gasteiger partial charge in [-0.2, -0.15) is 0 Å². The number of carbonyl (C=O) groups is 1. The topological polar surface area (TPSA) is 58.4 Å². The van der Waals surface area contributed by atoms with Crippen molar-refractivity contribution < 1.29 is 4.79 Å². The van der Waals surface area contributed by atoms with E-state index in [0.29, 0.717) is 16.8 Å². The maximum atomic E-state index is 12.7. The number of ketones is 1. The molecule has 0 spiro atoms. The molecule has 3 rings (SSSR count). The van der Waals surface area contributed by atoms with Crippen molar-refractivity contribution in [3.8, 4) is 0 Å². The first-order valence-corrected chi connectivity index (χ1v) is 8.08. The Balaban J connectivity index is 1.79. The number of nitrogens with zero attached hydrogens (tertiary/aromatic N) is 1. The molecule has 0 unspecified atom stereocenters. The summed E-state index contributed by atoms with van der Waals surface area (Å²) in [6.45, 7) is 0. The molecule has 0 saturated heterocycles. The van der Waals surface area contributed by atoms with Crippen molar-refractivity contribution in [3.63, 3.8) is 0 Å². The lowest BCUT2D eigenvalue weighted by Gasteiger charge is -2.13. The molecule has 0 heterocycles. The van der Waals surface area contributed by atoms with Crippen LogP contribution in [0.3, 0.4) is 0 Å². The third kappa shape index (κ3) is 3.80. The average Bonchev–Trinajstić information content (AvgIpc) is 2.64. The van der Waals surface area contributed by atoms with E-state index in [-0.39, 0.29) is 5.78 Å². The zero-order valence-electron chi connectivity index (χ0n) is 14.4. The number of para-hydroxylation sites is 2. The van der Waals surface area contributed by atoms with E-state index >= 15 is 0 Å². The number of hydrogen-bond donors (Lipinski definition) is 2. The molecule has 3 aromatic rings. The molecule has 25 heavy (non-hydrogen) atoms. The number of carbonyl (C=O) groups excluding carboxylic acids is 1. The normalized spacial score (nSPS) is 10.3. The molecule has 0 amide bonds. The van der Waals surface area contributed by atoms with Crippen molar-refractivity contribution in [2.75, 3.05) is 30.0 Å². The molecule has 0 aliphatic heterocycles. The number of nitrogens with two attached hydrogens (primary N) is 1. The predicted octanol–water partition coefficient (Wildman–Crippen LogP) is 4.31. The van der Waals surface area contributed by atoms with Crippen LogP contribution in [-0.2, 0) is 0 Å². The number of anilines is 4. The van der Waals surface area contributed by atoms with Crippen LogP contribution in [0.4, 0.5) is 22.7 Å². The van der Waals surface area contributed by atoms with Crippen molar-refractivity contribution in [1.29, 1.82) is 0 Å². The molecular weight excluding hydrogens is 310 g/mol. The van der Waals surface area contributed by atoms with Crippen LogP contribution in [0.1, 0.15) is 15.9 Å². The molecule has 0 aromatic heterocycles. The van der Waals surface area contributed by atoms with Crippen LogP contribution in [0.5, 0.6) is 0 Å². The second kappa shape index (κ2) is 7.09. The molecule has 126 valence electrons. The number of rotatable bonds is 5. The van der Waals surface area contributed by atoms with Gasteiger partial charge in [-0.05, 0) is 48.5 Å². The third-order valence-corrected chi connectivity index (χ3v) is 4.01. The van der Waals surface area contributed by atoms with Gasteiger partial charge < -0.3 is 16.0 Å². The lowest BCUT2D eigenvalue weighted by atomic mass is 10.0. The van der Waals surface area contributed by atoms with E-state index in [1.165, 1.54) is 0 Å². The minimum absolute atomic E-state index is 0.00877. The van der Waals surface area contributed by atoms with Crippen LogP contribution >= 0.6 is 0 Å². The van der Waals surface area contributed by atoms with Gasteiger partial charge in [0, 0.05) is 36.6 Å². The Morgan fingerprint density at radius 2 is 1.60 bits per heavy atom. The molecule has 0 atom stereocenters. The van der Waals surface area contributed by atoms with E-state index in [2.05, 4.69) is 5.32 Å². The van der Waals surface area contributed by atoms with Crippen LogP contribution in [-0.4, -0.2) is 19.9 Å². The summed E-state index contributed by atoms with van der Waals surface area (Å²) in [6.07, 6.45) is 0. The first kappa shape index (κ1) is 16.6. The van der Waals surface area contributed by atoms with Crippen LogP contribution in [0, 0.1) is 0 Å². The van der Waals surface area contributed by atoms with Gasteiger partial charge in [0.2, 0.25) is 0 Å². The summed E-state index contributed by atoms with van der Waals surface area (Å²) < 4.78 is 0. The van der Waals surface area contributed by atoms with Gasteiger partial charge in [-0.25, -0.2) is 0 Å². The van der Waals surface area contributed by atoms with E-state index < -0.39 is 0 Å². The van der Waals surface area contributed by atoms with E-state index in [1.807, 2.05) is 91.8 Å². The first-order chi connectivity index (χ1) is 12.0. The van der Waals surface area contributed by atoms with Crippen molar-refractivity contribution in [2.45, 2.75) is 0 Å². The molecule has 0 bridgehead atoms. The highest BCUT2D eigenvalue weighted by Gasteiger charge is 2.10. The summed E-state index contributed by atoms with van der Waals surface area (Å²) in [6, 6.07) is 22.6. The SMILES string of the molecule is CN(C)c1cccc(C(=O)c2ccc(Nc3ccccc3N)cc2)c1. The number of benzene rings is 3. The van der Waals surface area contributed by atoms with Gasteiger partial charge in [-0.15, -0.1) is 0 Å². The van der Waals surface area contributed by atoms with Gasteiger partial charge in [-0.3, -0.25) is 4.79 Å². The standard InChI is InChI=1S/C21H21N3O/c1-24(2)18-7-5-6-16(14-18)21(25)15-10-12-17(13-11-15)23-20-9-4-3-8-19(20)22/h3-14,23H,22H2,1-2H3. The largest absolute Gasteiger partial charge is 0.397 e. The van der Waals surface area contributed by atoms with Crippen LogP contribution in [0.15, 0.2) is 72.8 Å². The number of nitrogens with one attached hydrogen (secondary N) is 1. The van der Waals surface area contributed by atoms with Crippen molar-refractivity contribution >= 4 is 28.5 Å². The zero-order chi connectivity index (χ0) is 17.8. The molecule has 4 nitrogen and oxygen atoms in total. The lowest BCUT2D eigenvalue weighted by molar-refractivity contribution is 0.103. The fraction of sp³-hybridized carbons (Fsp3) is 0.0952. The molecule has 3 aromatic carbocycles. The Morgan fingerprint density at radius 1 is 0.880 bits per heavy atom. The lowest BCUT2D eigenvalue weighted by Crippen LogP contribution is -2.10. The predicted molar refractivity (Wildman–Crippen MR) is 105 cm³/mol. The highest BCUT2D eigenvalue weighted by molar-refractivity contribution is 6.09. The van der Waals surface area contributed by atoms with E-state index in [1.54, 1.807) is 0 Å². The highest BCUT2D eigenvalue weighted by atomic mass is 16.1. The zero-order valence-corrected chi connectivity index (χ0v) is 14.4. The second-order valence-corrected chi connectivity index (χ2v) is 6.06. The van der Waals surface area contributed by atoms with Gasteiger partial charge in [0.25, 0.3) is 0 Å². The van der Waals surface area contributed by atoms with Crippen molar-refractivity contribution in [1.82, 2.24) is 0 Å². The van der Waals surface area contributed by atoms with Crippen molar-refractivity contribution in [3.05, 3.63) is 83.9 Å². The summed E-state index contributed by atoms with van der Waals surface area (Å²) in [5.41, 5.74) is 10.7. The third-order valence-electron chi connectivity index (χ3n) is 4.01. The smallest absolute Gasteiger partial charge is 0.193 e. The maximum Gasteiger partial charge on any atom is 0.193 e. The van der Waals surface area contributed by atoms with Crippen LogP contribution in [0.25, 0.3) is 0 Å². The molecular formula is C21H21N3O. The molecule has 0 saturated carbocycles. The van der Waals surface area contributed by atoms with Gasteiger partial charge in [0.1, 0.15) is 0 Å². The molecule has 0 radical (unpaired) electrons. The number of nitrogen functional groups attached to an aromatic ring is 1. The number of hydrogen-bond acceptors (Lipinski definition) is 4. The highest BCUT2D eigenvalue weighted by Crippen LogP contribution is 2.23. The fourth-order valence-electron chi connectivity index (χ4n) is 2.56. The monoisotopic (exact) mass is 331 g/mol. The Morgan fingerprint density at radius 3 is 2.28 bits per heavy atom. The second-order valence-electron chi connectivity index (χ2n) is 6.06. The van der Waals surface area contributed by atoms with E-state index in [4.69, 9.17) is 5.73 Å². The fourth-order valence-corrected chi connectivity index (χ4v) is 2.56. The average molecular weight is 331 g/mol. The van der Waals surface area contributed by atoms with Gasteiger partial charge in [0.05, 0.1) is 11.4 Å². The van der Waals surface area contributed by atoms with Crippen LogP contribution < -0.4 is 16.0 Å². The summed E-state index contributed by atoms with van der Waals surface area (Å²) in [7, 11) is 3.92. The van der Waals surface area contributed by atoms with Gasteiger partial charge >= 0.3 is 0 Å². The Labute approximate surface area is 147 Å². The molecule has 0 aliphatic rings. The molecule has 4 heteroatoms. The summed E-state index contributed by atoms with van der Waals surface area (Å²) in [4.78, 5) is 14.7. The first-order valence-electron chi connectivity index (χ1n) is 8.08. The Hall–Kier alpha value is -3.27. The Bertz CT molecular complexity index is 886. The molecule has 0 fully saturated rings. The molecule has 3 N–H and O–H groups in total. The van der Waals surface area contributed by atoms with Gasteiger partial charge in [0.15, 0.2) is 5.78 Å². The molecule has 0 aliphatic carbocycles. The van der Waals surface area contributed by atoms with E-state index in [0.717, 1.165) is 17.1 Å². The van der Waals surface area contributed by atoms with Crippen LogP contribution in [0.2, 0.25) is 0 Å². The van der Waals surface area contributed by atoms with E-state index in [9.17, 15) is 4.79 Å². The summed E-state index contributed by atoms with van der Waals surface area (Å²) in [5.74, 6) is 0.00877. The quantitative estimate of drug-likeness (QED) is 0.540. The van der Waals surface area contributed by atoms with Gasteiger partial charge in [-0.1, -0.05) is 24.3 Å². The summed E-state index contributed by atoms with van der Waals surface area (Å²) in [5, 5.41) is 3.26. The maximum absolute atomic E-state index is 12.7. The minimum atomic E-state index is 0.00877. The van der Waals surface area contributed by atoms with Crippen molar-refractivity contribution in [2.24, 2.45) is 0 Å². The summed E-state index contributed by atoms with van der Waals surface area (Å²) >= 11 is 0. The Kier molecular flexibility index (Phi) is 4.70.